The summed E-state index contributed by atoms with van der Waals surface area (Å²) in [4.78, 5) is 4.28. The molecule has 0 aromatic heterocycles. The van der Waals surface area contributed by atoms with Crippen LogP contribution >= 0.6 is 0 Å². The molecule has 4 N–H and O–H groups in total. The van der Waals surface area contributed by atoms with Crippen LogP contribution < -0.4 is 11.2 Å². The lowest BCUT2D eigenvalue weighted by atomic mass is 9.79. The lowest BCUT2D eigenvalue weighted by molar-refractivity contribution is 0.426. The average Bonchev–Trinajstić information content (AvgIpc) is 2.97. The van der Waals surface area contributed by atoms with Gasteiger partial charge in [0, 0.05) is 5.92 Å². The second kappa shape index (κ2) is 2.84. The van der Waals surface area contributed by atoms with E-state index in [1.165, 1.54) is 5.56 Å². The van der Waals surface area contributed by atoms with Gasteiger partial charge in [0.15, 0.2) is 0 Å². The van der Waals surface area contributed by atoms with Gasteiger partial charge in [-0.15, -0.1) is 0 Å². The summed E-state index contributed by atoms with van der Waals surface area (Å²) >= 11 is 0. The standard InChI is InChI=1S/C10H11BN2O2/c12-10-8-4-7(8)6-2-1-5(11(14)15)3-9(6)13-10/h1-3,7-8,14-15H,4H2,(H2,12,13)/t7?,8-/m1/s1. The van der Waals surface area contributed by atoms with Gasteiger partial charge >= 0.3 is 7.12 Å². The quantitative estimate of drug-likeness (QED) is 0.535. The van der Waals surface area contributed by atoms with E-state index in [1.807, 2.05) is 6.07 Å². The van der Waals surface area contributed by atoms with Crippen LogP contribution in [0.1, 0.15) is 17.9 Å². The van der Waals surface area contributed by atoms with Crippen LogP contribution in [0.15, 0.2) is 23.2 Å². The third kappa shape index (κ3) is 1.27. The maximum atomic E-state index is 9.04. The number of aliphatic imine (C=N–C) groups is 1. The molecule has 1 aliphatic heterocycles. The number of fused-ring (bicyclic) bond motifs is 3. The molecular weight excluding hydrogens is 191 g/mol. The van der Waals surface area contributed by atoms with E-state index < -0.39 is 7.12 Å². The van der Waals surface area contributed by atoms with Crippen molar-refractivity contribution in [1.82, 2.24) is 0 Å². The number of benzene rings is 1. The van der Waals surface area contributed by atoms with E-state index in [0.29, 0.717) is 23.1 Å². The average molecular weight is 202 g/mol. The molecule has 1 unspecified atom stereocenters. The largest absolute Gasteiger partial charge is 0.488 e. The van der Waals surface area contributed by atoms with Crippen LogP contribution in [0.25, 0.3) is 0 Å². The van der Waals surface area contributed by atoms with E-state index in [0.717, 1.165) is 12.1 Å². The van der Waals surface area contributed by atoms with Gasteiger partial charge in [-0.2, -0.15) is 0 Å². The Morgan fingerprint density at radius 2 is 2.13 bits per heavy atom. The van der Waals surface area contributed by atoms with Crippen molar-refractivity contribution in [2.75, 3.05) is 0 Å². The smallest absolute Gasteiger partial charge is 0.423 e. The van der Waals surface area contributed by atoms with Crippen molar-refractivity contribution in [3.05, 3.63) is 23.8 Å². The molecule has 1 heterocycles. The summed E-state index contributed by atoms with van der Waals surface area (Å²) in [6.07, 6.45) is 1.07. The van der Waals surface area contributed by atoms with Gasteiger partial charge in [0.05, 0.1) is 5.69 Å². The molecule has 0 radical (unpaired) electrons. The molecule has 1 aromatic carbocycles. The topological polar surface area (TPSA) is 78.8 Å². The Morgan fingerprint density at radius 3 is 2.87 bits per heavy atom. The molecule has 0 spiro atoms. The Balaban J connectivity index is 2.10. The minimum Gasteiger partial charge on any atom is -0.423 e. The Labute approximate surface area is 87.6 Å². The number of rotatable bonds is 1. The van der Waals surface area contributed by atoms with Gasteiger partial charge < -0.3 is 15.8 Å². The lowest BCUT2D eigenvalue weighted by Crippen LogP contribution is -2.30. The van der Waals surface area contributed by atoms with Gasteiger partial charge in [-0.3, -0.25) is 0 Å². The molecule has 1 aromatic rings. The van der Waals surface area contributed by atoms with Gasteiger partial charge in [-0.1, -0.05) is 12.1 Å². The summed E-state index contributed by atoms with van der Waals surface area (Å²) in [6.45, 7) is 0. The normalized spacial score (nSPS) is 26.4. The highest BCUT2D eigenvalue weighted by atomic mass is 16.4. The first-order valence-electron chi connectivity index (χ1n) is 5.01. The van der Waals surface area contributed by atoms with E-state index in [9.17, 15) is 0 Å². The summed E-state index contributed by atoms with van der Waals surface area (Å²) in [5.74, 6) is 1.60. The van der Waals surface area contributed by atoms with Crippen molar-refractivity contribution in [3.63, 3.8) is 0 Å². The predicted octanol–water partition coefficient (Wildman–Crippen LogP) is -0.528. The zero-order valence-corrected chi connectivity index (χ0v) is 8.09. The number of amidine groups is 1. The van der Waals surface area contributed by atoms with Crippen LogP contribution in [0.3, 0.4) is 0 Å². The van der Waals surface area contributed by atoms with Crippen LogP contribution in [0, 0.1) is 5.92 Å². The van der Waals surface area contributed by atoms with Crippen molar-refractivity contribution < 1.29 is 10.0 Å². The minimum atomic E-state index is -1.44. The van der Waals surface area contributed by atoms with E-state index in [2.05, 4.69) is 4.99 Å². The highest BCUT2D eigenvalue weighted by Crippen LogP contribution is 2.53. The Hall–Kier alpha value is -1.33. The summed E-state index contributed by atoms with van der Waals surface area (Å²) in [5, 5.41) is 18.1. The molecule has 15 heavy (non-hydrogen) atoms. The monoisotopic (exact) mass is 202 g/mol. The predicted molar refractivity (Wildman–Crippen MR) is 58.4 cm³/mol. The number of hydrogen-bond acceptors (Lipinski definition) is 4. The van der Waals surface area contributed by atoms with E-state index in [1.54, 1.807) is 12.1 Å². The van der Waals surface area contributed by atoms with Crippen LogP contribution in [0.4, 0.5) is 5.69 Å². The molecule has 1 saturated carbocycles. The maximum absolute atomic E-state index is 9.04. The van der Waals surface area contributed by atoms with Crippen molar-refractivity contribution in [2.24, 2.45) is 16.6 Å². The molecule has 0 amide bonds. The van der Waals surface area contributed by atoms with Gasteiger partial charge in [-0.25, -0.2) is 4.99 Å². The summed E-state index contributed by atoms with van der Waals surface area (Å²) in [6, 6.07) is 5.35. The zero-order chi connectivity index (χ0) is 10.6. The number of nitrogens with zero attached hydrogens (tertiary/aromatic N) is 1. The van der Waals surface area contributed by atoms with Crippen LogP contribution in [0.5, 0.6) is 0 Å². The van der Waals surface area contributed by atoms with Gasteiger partial charge in [0.25, 0.3) is 0 Å². The molecule has 2 atom stereocenters. The fourth-order valence-electron chi connectivity index (χ4n) is 2.22. The highest BCUT2D eigenvalue weighted by molar-refractivity contribution is 6.58. The summed E-state index contributed by atoms with van der Waals surface area (Å²) < 4.78 is 0. The van der Waals surface area contributed by atoms with Crippen molar-refractivity contribution in [3.8, 4) is 0 Å². The Bertz CT molecular complexity index is 459. The van der Waals surface area contributed by atoms with Crippen LogP contribution in [-0.4, -0.2) is 23.0 Å². The fourth-order valence-corrected chi connectivity index (χ4v) is 2.22. The first-order chi connectivity index (χ1) is 7.16. The first-order valence-corrected chi connectivity index (χ1v) is 5.01. The molecule has 4 nitrogen and oxygen atoms in total. The van der Waals surface area contributed by atoms with Crippen molar-refractivity contribution in [2.45, 2.75) is 12.3 Å². The number of hydrogen-bond donors (Lipinski definition) is 3. The first kappa shape index (κ1) is 8.94. The molecule has 0 bridgehead atoms. The van der Waals surface area contributed by atoms with Crippen molar-refractivity contribution >= 4 is 24.1 Å². The van der Waals surface area contributed by atoms with Crippen LogP contribution in [-0.2, 0) is 0 Å². The zero-order valence-electron chi connectivity index (χ0n) is 8.09. The van der Waals surface area contributed by atoms with Gasteiger partial charge in [-0.05, 0) is 29.4 Å². The van der Waals surface area contributed by atoms with Crippen LogP contribution in [0.2, 0.25) is 0 Å². The molecule has 76 valence electrons. The van der Waals surface area contributed by atoms with E-state index in [4.69, 9.17) is 15.8 Å². The lowest BCUT2D eigenvalue weighted by Gasteiger charge is -2.13. The Kier molecular flexibility index (Phi) is 1.69. The third-order valence-electron chi connectivity index (χ3n) is 3.17. The molecule has 5 heteroatoms. The number of nitrogens with two attached hydrogens (primary N) is 1. The van der Waals surface area contributed by atoms with E-state index >= 15 is 0 Å². The molecule has 2 aliphatic rings. The maximum Gasteiger partial charge on any atom is 0.488 e. The SMILES string of the molecule is NC1=Nc2cc(B(O)O)ccc2C2C[C@@H]12. The molecular formula is C10H11BN2O2. The minimum absolute atomic E-state index is 0.419. The molecule has 0 saturated heterocycles. The third-order valence-corrected chi connectivity index (χ3v) is 3.17. The van der Waals surface area contributed by atoms with Gasteiger partial charge in [0.1, 0.15) is 5.84 Å². The second-order valence-electron chi connectivity index (χ2n) is 4.18. The Morgan fingerprint density at radius 1 is 1.33 bits per heavy atom. The second-order valence-corrected chi connectivity index (χ2v) is 4.18. The molecule has 1 fully saturated rings. The van der Waals surface area contributed by atoms with Gasteiger partial charge in [0.2, 0.25) is 0 Å². The van der Waals surface area contributed by atoms with Crippen molar-refractivity contribution in [1.29, 1.82) is 0 Å². The fraction of sp³-hybridized carbons (Fsp3) is 0.300. The highest BCUT2D eigenvalue weighted by Gasteiger charge is 2.45. The molecule has 1 aliphatic carbocycles. The summed E-state index contributed by atoms with van der Waals surface area (Å²) in [7, 11) is -1.44. The summed E-state index contributed by atoms with van der Waals surface area (Å²) in [5.41, 5.74) is 8.22. The van der Waals surface area contributed by atoms with E-state index in [-0.39, 0.29) is 0 Å². The molecule has 3 rings (SSSR count).